The molecule has 3 aromatic rings. The molecule has 144 valence electrons. The first kappa shape index (κ1) is 19.8. The molecule has 1 aromatic heterocycles. The van der Waals surface area contributed by atoms with Gasteiger partial charge < -0.3 is 5.32 Å². The van der Waals surface area contributed by atoms with Crippen LogP contribution in [0.4, 0.5) is 10.1 Å². The second-order valence-corrected chi connectivity index (χ2v) is 7.47. The van der Waals surface area contributed by atoms with E-state index in [2.05, 4.69) is 24.1 Å². The number of benzene rings is 2. The molecule has 28 heavy (non-hydrogen) atoms. The van der Waals surface area contributed by atoms with Gasteiger partial charge in [0.1, 0.15) is 5.82 Å². The summed E-state index contributed by atoms with van der Waals surface area (Å²) in [5, 5.41) is 2.98. The molecular formula is C21H20FN3O2S. The lowest BCUT2D eigenvalue weighted by molar-refractivity contribution is -0.113. The molecule has 1 N–H and O–H groups in total. The molecular weight excluding hydrogens is 377 g/mol. The molecule has 0 saturated carbocycles. The minimum atomic E-state index is -0.432. The van der Waals surface area contributed by atoms with Crippen LogP contribution in [-0.2, 0) is 4.79 Å². The van der Waals surface area contributed by atoms with Gasteiger partial charge in [0, 0.05) is 18.1 Å². The van der Waals surface area contributed by atoms with Crippen molar-refractivity contribution in [3.63, 3.8) is 0 Å². The van der Waals surface area contributed by atoms with Crippen LogP contribution in [0.5, 0.6) is 0 Å². The van der Waals surface area contributed by atoms with Crippen molar-refractivity contribution in [2.75, 3.05) is 11.1 Å². The highest BCUT2D eigenvalue weighted by Gasteiger charge is 2.11. The number of nitrogens with one attached hydrogen (secondary N) is 1. The maximum atomic E-state index is 13.4. The molecule has 0 radical (unpaired) electrons. The Bertz CT molecular complexity index is 1030. The monoisotopic (exact) mass is 397 g/mol. The number of thioether (sulfide) groups is 1. The van der Waals surface area contributed by atoms with Gasteiger partial charge in [0.15, 0.2) is 5.03 Å². The average molecular weight is 397 g/mol. The highest BCUT2D eigenvalue weighted by Crippen LogP contribution is 2.18. The largest absolute Gasteiger partial charge is 0.325 e. The zero-order chi connectivity index (χ0) is 20.1. The van der Waals surface area contributed by atoms with Crippen molar-refractivity contribution in [1.82, 2.24) is 9.55 Å². The first-order valence-corrected chi connectivity index (χ1v) is 9.79. The van der Waals surface area contributed by atoms with Crippen molar-refractivity contribution >= 4 is 23.4 Å². The van der Waals surface area contributed by atoms with E-state index in [-0.39, 0.29) is 16.7 Å². The Labute approximate surface area is 166 Å². The van der Waals surface area contributed by atoms with Crippen LogP contribution in [0.3, 0.4) is 0 Å². The number of anilines is 1. The van der Waals surface area contributed by atoms with Crippen molar-refractivity contribution in [1.29, 1.82) is 0 Å². The first-order chi connectivity index (χ1) is 13.4. The third-order valence-corrected chi connectivity index (χ3v) is 5.06. The van der Waals surface area contributed by atoms with Crippen LogP contribution in [-0.4, -0.2) is 21.2 Å². The van der Waals surface area contributed by atoms with E-state index in [4.69, 9.17) is 0 Å². The van der Waals surface area contributed by atoms with Gasteiger partial charge in [0.05, 0.1) is 11.4 Å². The molecule has 0 aliphatic rings. The second-order valence-electron chi connectivity index (χ2n) is 6.50. The van der Waals surface area contributed by atoms with E-state index in [1.54, 1.807) is 6.07 Å². The molecule has 0 saturated heterocycles. The molecule has 1 heterocycles. The summed E-state index contributed by atoms with van der Waals surface area (Å²) in [6.07, 6.45) is 2.93. The minimum absolute atomic E-state index is 0.0430. The molecule has 2 aromatic carbocycles. The van der Waals surface area contributed by atoms with Gasteiger partial charge in [-0.25, -0.2) is 9.37 Å². The summed E-state index contributed by atoms with van der Waals surface area (Å²) in [5.41, 5.74) is 1.91. The second kappa shape index (κ2) is 8.84. The quantitative estimate of drug-likeness (QED) is 0.633. The number of hydrogen-bond donors (Lipinski definition) is 1. The van der Waals surface area contributed by atoms with Crippen LogP contribution in [0.25, 0.3) is 5.69 Å². The summed E-state index contributed by atoms with van der Waals surface area (Å²) in [6, 6.07) is 13.4. The fourth-order valence-corrected chi connectivity index (χ4v) is 3.30. The number of hydrogen-bond acceptors (Lipinski definition) is 4. The lowest BCUT2D eigenvalue weighted by Gasteiger charge is -2.09. The number of carbonyl (C=O) groups is 1. The summed E-state index contributed by atoms with van der Waals surface area (Å²) in [4.78, 5) is 28.8. The molecule has 0 aliphatic carbocycles. The van der Waals surface area contributed by atoms with Crippen molar-refractivity contribution in [2.24, 2.45) is 0 Å². The van der Waals surface area contributed by atoms with Crippen molar-refractivity contribution in [3.05, 3.63) is 82.7 Å². The van der Waals surface area contributed by atoms with E-state index >= 15 is 0 Å². The summed E-state index contributed by atoms with van der Waals surface area (Å²) in [6.45, 7) is 4.21. The number of halogens is 1. The Morgan fingerprint density at radius 1 is 1.21 bits per heavy atom. The summed E-state index contributed by atoms with van der Waals surface area (Å²) >= 11 is 1.05. The van der Waals surface area contributed by atoms with Gasteiger partial charge in [0.25, 0.3) is 5.56 Å². The number of aromatic nitrogens is 2. The molecule has 0 aliphatic heterocycles. The van der Waals surface area contributed by atoms with Crippen LogP contribution in [0, 0.1) is 5.82 Å². The SMILES string of the molecule is CC(C)c1ccc(NC(=O)CSc2nccn(-c3cccc(F)c3)c2=O)cc1. The Balaban J connectivity index is 1.66. The molecule has 0 unspecified atom stereocenters. The van der Waals surface area contributed by atoms with Gasteiger partial charge >= 0.3 is 0 Å². The maximum Gasteiger partial charge on any atom is 0.287 e. The summed E-state index contributed by atoms with van der Waals surface area (Å²) < 4.78 is 14.7. The molecule has 1 amide bonds. The van der Waals surface area contributed by atoms with Crippen LogP contribution < -0.4 is 10.9 Å². The molecule has 0 spiro atoms. The number of rotatable bonds is 6. The Morgan fingerprint density at radius 2 is 1.96 bits per heavy atom. The van der Waals surface area contributed by atoms with E-state index in [0.717, 1.165) is 11.8 Å². The summed E-state index contributed by atoms with van der Waals surface area (Å²) in [5.74, 6) is -0.200. The van der Waals surface area contributed by atoms with E-state index in [1.165, 1.54) is 40.7 Å². The Hall–Kier alpha value is -2.93. The predicted octanol–water partition coefficient (Wildman–Crippen LogP) is 4.23. The zero-order valence-corrected chi connectivity index (χ0v) is 16.4. The van der Waals surface area contributed by atoms with Crippen LogP contribution in [0.15, 0.2) is 70.7 Å². The van der Waals surface area contributed by atoms with Gasteiger partial charge in [-0.05, 0) is 41.8 Å². The average Bonchev–Trinajstić information content (AvgIpc) is 2.67. The maximum absolute atomic E-state index is 13.4. The van der Waals surface area contributed by atoms with Crippen LogP contribution >= 0.6 is 11.8 Å². The van der Waals surface area contributed by atoms with Gasteiger partial charge in [-0.2, -0.15) is 0 Å². The highest BCUT2D eigenvalue weighted by molar-refractivity contribution is 7.99. The topological polar surface area (TPSA) is 64.0 Å². The number of amides is 1. The van der Waals surface area contributed by atoms with Gasteiger partial charge in [-0.3, -0.25) is 14.2 Å². The minimum Gasteiger partial charge on any atom is -0.325 e. The number of nitrogens with zero attached hydrogens (tertiary/aromatic N) is 2. The zero-order valence-electron chi connectivity index (χ0n) is 15.6. The first-order valence-electron chi connectivity index (χ1n) is 8.80. The molecule has 0 fully saturated rings. The van der Waals surface area contributed by atoms with Crippen molar-refractivity contribution in [2.45, 2.75) is 24.8 Å². The van der Waals surface area contributed by atoms with Gasteiger partial charge in [-0.15, -0.1) is 0 Å². The third kappa shape index (κ3) is 4.86. The van der Waals surface area contributed by atoms with E-state index in [0.29, 0.717) is 17.3 Å². The van der Waals surface area contributed by atoms with Gasteiger partial charge in [-0.1, -0.05) is 43.8 Å². The van der Waals surface area contributed by atoms with Crippen molar-refractivity contribution in [3.8, 4) is 5.69 Å². The van der Waals surface area contributed by atoms with Crippen molar-refractivity contribution < 1.29 is 9.18 Å². The Kier molecular flexibility index (Phi) is 6.26. The fraction of sp³-hybridized carbons (Fsp3) is 0.190. The normalized spacial score (nSPS) is 10.9. The Morgan fingerprint density at radius 3 is 2.64 bits per heavy atom. The lowest BCUT2D eigenvalue weighted by atomic mass is 10.0. The smallest absolute Gasteiger partial charge is 0.287 e. The molecule has 3 rings (SSSR count). The van der Waals surface area contributed by atoms with Crippen LogP contribution in [0.2, 0.25) is 0 Å². The van der Waals surface area contributed by atoms with Gasteiger partial charge in [0.2, 0.25) is 5.91 Å². The highest BCUT2D eigenvalue weighted by atomic mass is 32.2. The predicted molar refractivity (Wildman–Crippen MR) is 110 cm³/mol. The van der Waals surface area contributed by atoms with Crippen LogP contribution in [0.1, 0.15) is 25.3 Å². The van der Waals surface area contributed by atoms with E-state index < -0.39 is 11.4 Å². The molecule has 0 bridgehead atoms. The lowest BCUT2D eigenvalue weighted by Crippen LogP contribution is -2.22. The van der Waals surface area contributed by atoms with E-state index in [9.17, 15) is 14.0 Å². The standard InChI is InChI=1S/C21H20FN3O2S/c1-14(2)15-6-8-17(9-7-15)24-19(26)13-28-20-21(27)25(11-10-23-20)18-5-3-4-16(22)12-18/h3-12,14H,13H2,1-2H3,(H,24,26). The van der Waals surface area contributed by atoms with E-state index in [1.807, 2.05) is 24.3 Å². The molecule has 0 atom stereocenters. The number of carbonyl (C=O) groups excluding carboxylic acids is 1. The molecule has 7 heteroatoms. The molecule has 5 nitrogen and oxygen atoms in total. The third-order valence-electron chi connectivity index (χ3n) is 4.10. The fourth-order valence-electron chi connectivity index (χ4n) is 2.60. The summed E-state index contributed by atoms with van der Waals surface area (Å²) in [7, 11) is 0.